The van der Waals surface area contributed by atoms with E-state index in [1.807, 2.05) is 13.8 Å². The summed E-state index contributed by atoms with van der Waals surface area (Å²) in [6, 6.07) is 0. The van der Waals surface area contributed by atoms with Crippen LogP contribution < -0.4 is 0 Å². The molecule has 13 heavy (non-hydrogen) atoms. The fourth-order valence-corrected chi connectivity index (χ4v) is 1.11. The van der Waals surface area contributed by atoms with Gasteiger partial charge in [-0.3, -0.25) is 0 Å². The Kier molecular flexibility index (Phi) is 11.7. The Bertz CT molecular complexity index is 107. The second-order valence-corrected chi connectivity index (χ2v) is 3.84. The zero-order valence-electron chi connectivity index (χ0n) is 9.03. The maximum Gasteiger partial charge on any atom is 0.0587 e. The quantitative estimate of drug-likeness (QED) is 0.716. The van der Waals surface area contributed by atoms with Crippen LogP contribution in [-0.2, 0) is 25.8 Å². The van der Waals surface area contributed by atoms with E-state index < -0.39 is 0 Å². The molecule has 77 valence electrons. The fourth-order valence-electron chi connectivity index (χ4n) is 1.11. The van der Waals surface area contributed by atoms with Crippen LogP contribution in [0.3, 0.4) is 0 Å². The Balaban J connectivity index is 0. The molecule has 0 rings (SSSR count). The van der Waals surface area contributed by atoms with Crippen LogP contribution in [-0.4, -0.2) is 22.4 Å². The molecule has 3 heteroatoms. The van der Waals surface area contributed by atoms with Crippen LogP contribution in [0.2, 0.25) is 0 Å². The molecule has 0 aromatic rings. The maximum absolute atomic E-state index is 9.44. The largest absolute Gasteiger partial charge is 0.393 e. The molecule has 0 aliphatic heterocycles. The van der Waals surface area contributed by atoms with Crippen molar-refractivity contribution in [2.75, 3.05) is 0 Å². The van der Waals surface area contributed by atoms with Crippen molar-refractivity contribution in [3.05, 3.63) is 0 Å². The van der Waals surface area contributed by atoms with E-state index in [9.17, 15) is 10.2 Å². The topological polar surface area (TPSA) is 40.5 Å². The molecule has 2 atom stereocenters. The number of hydrogen-bond donors (Lipinski definition) is 2. The van der Waals surface area contributed by atoms with Crippen molar-refractivity contribution < 1.29 is 36.1 Å². The molecule has 0 aromatic heterocycles. The van der Waals surface area contributed by atoms with Crippen LogP contribution in [0.15, 0.2) is 0 Å². The van der Waals surface area contributed by atoms with E-state index in [-0.39, 0.29) is 44.0 Å². The third kappa shape index (κ3) is 9.10. The van der Waals surface area contributed by atoms with E-state index in [2.05, 4.69) is 6.92 Å². The van der Waals surface area contributed by atoms with Crippen LogP contribution in [0.4, 0.5) is 0 Å². The van der Waals surface area contributed by atoms with Crippen molar-refractivity contribution in [1.82, 2.24) is 0 Å². The third-order valence-corrected chi connectivity index (χ3v) is 2.17. The van der Waals surface area contributed by atoms with Gasteiger partial charge in [0, 0.05) is 25.8 Å². The molecule has 0 heterocycles. The summed E-state index contributed by atoms with van der Waals surface area (Å²) in [5, 5.41) is 18.9. The van der Waals surface area contributed by atoms with Gasteiger partial charge in [-0.25, -0.2) is 0 Å². The van der Waals surface area contributed by atoms with Gasteiger partial charge in [-0.1, -0.05) is 33.6 Å². The zero-order chi connectivity index (χ0) is 9.56. The van der Waals surface area contributed by atoms with Crippen molar-refractivity contribution in [3.63, 3.8) is 0 Å². The Hall–Kier alpha value is 0.790. The minimum atomic E-state index is -0.350. The molecular formula is C10H22O2Sc. The van der Waals surface area contributed by atoms with Crippen LogP contribution in [0.5, 0.6) is 0 Å². The standard InChI is InChI=1S/C10H22O2.Sc/c1-4-5-6-9(11)7-10(12)8(2)3;/h8-12H,4-7H2,1-3H3;. The molecule has 0 saturated carbocycles. The molecule has 1 radical (unpaired) electrons. The molecule has 0 fully saturated rings. The first kappa shape index (κ1) is 16.2. The van der Waals surface area contributed by atoms with Crippen LogP contribution in [0.25, 0.3) is 0 Å². The Labute approximate surface area is 101 Å². The molecular weight excluding hydrogens is 197 g/mol. The number of hydrogen-bond acceptors (Lipinski definition) is 2. The van der Waals surface area contributed by atoms with E-state index in [1.54, 1.807) is 0 Å². The molecule has 0 amide bonds. The summed E-state index contributed by atoms with van der Waals surface area (Å²) in [6.45, 7) is 6.04. The first-order valence-electron chi connectivity index (χ1n) is 4.94. The Morgan fingerprint density at radius 3 is 2.08 bits per heavy atom. The summed E-state index contributed by atoms with van der Waals surface area (Å²) in [4.78, 5) is 0. The molecule has 2 nitrogen and oxygen atoms in total. The van der Waals surface area contributed by atoms with Gasteiger partial charge in [0.1, 0.15) is 0 Å². The van der Waals surface area contributed by atoms with Gasteiger partial charge < -0.3 is 10.2 Å². The van der Waals surface area contributed by atoms with Crippen LogP contribution >= 0.6 is 0 Å². The molecule has 0 spiro atoms. The van der Waals surface area contributed by atoms with Crippen LogP contribution in [0.1, 0.15) is 46.5 Å². The average molecular weight is 219 g/mol. The molecule has 2 unspecified atom stereocenters. The Morgan fingerprint density at radius 1 is 1.15 bits per heavy atom. The first-order chi connectivity index (χ1) is 5.57. The second-order valence-electron chi connectivity index (χ2n) is 3.84. The third-order valence-electron chi connectivity index (χ3n) is 2.17. The molecule has 0 aliphatic rings. The summed E-state index contributed by atoms with van der Waals surface area (Å²) in [7, 11) is 0. The normalized spacial score (nSPS) is 15.2. The predicted molar refractivity (Wildman–Crippen MR) is 51.0 cm³/mol. The van der Waals surface area contributed by atoms with E-state index >= 15 is 0 Å². The molecule has 0 aliphatic carbocycles. The summed E-state index contributed by atoms with van der Waals surface area (Å²) < 4.78 is 0. The van der Waals surface area contributed by atoms with Gasteiger partial charge in [0.2, 0.25) is 0 Å². The van der Waals surface area contributed by atoms with Crippen molar-refractivity contribution in [2.24, 2.45) is 5.92 Å². The van der Waals surface area contributed by atoms with Gasteiger partial charge in [-0.2, -0.15) is 0 Å². The van der Waals surface area contributed by atoms with Crippen molar-refractivity contribution in [2.45, 2.75) is 58.7 Å². The molecule has 0 aromatic carbocycles. The van der Waals surface area contributed by atoms with Crippen molar-refractivity contribution in [1.29, 1.82) is 0 Å². The zero-order valence-corrected chi connectivity index (χ0v) is 10.8. The van der Waals surface area contributed by atoms with Gasteiger partial charge in [0.15, 0.2) is 0 Å². The van der Waals surface area contributed by atoms with Gasteiger partial charge in [-0.15, -0.1) is 0 Å². The summed E-state index contributed by atoms with van der Waals surface area (Å²) in [6.07, 6.45) is 2.83. The minimum Gasteiger partial charge on any atom is -0.393 e. The van der Waals surface area contributed by atoms with Crippen molar-refractivity contribution in [3.8, 4) is 0 Å². The second kappa shape index (κ2) is 9.35. The van der Waals surface area contributed by atoms with E-state index in [0.29, 0.717) is 6.42 Å². The van der Waals surface area contributed by atoms with Gasteiger partial charge in [0.05, 0.1) is 12.2 Å². The number of aliphatic hydroxyl groups excluding tert-OH is 2. The molecule has 0 bridgehead atoms. The maximum atomic E-state index is 9.44. The number of aliphatic hydroxyl groups is 2. The van der Waals surface area contributed by atoms with Crippen molar-refractivity contribution >= 4 is 0 Å². The van der Waals surface area contributed by atoms with E-state index in [1.165, 1.54) is 0 Å². The summed E-state index contributed by atoms with van der Waals surface area (Å²) in [5.41, 5.74) is 0. The van der Waals surface area contributed by atoms with Crippen LogP contribution in [0, 0.1) is 5.92 Å². The fraction of sp³-hybridized carbons (Fsp3) is 1.00. The van der Waals surface area contributed by atoms with E-state index in [4.69, 9.17) is 0 Å². The molecule has 2 N–H and O–H groups in total. The number of unbranched alkanes of at least 4 members (excludes halogenated alkanes) is 1. The molecule has 0 saturated heterocycles. The first-order valence-corrected chi connectivity index (χ1v) is 4.94. The smallest absolute Gasteiger partial charge is 0.0587 e. The van der Waals surface area contributed by atoms with Gasteiger partial charge in [0.25, 0.3) is 0 Å². The SMILES string of the molecule is CCCCC(O)CC(O)C(C)C.[Sc]. The van der Waals surface area contributed by atoms with Gasteiger partial charge in [-0.05, 0) is 18.8 Å². The minimum absolute atomic E-state index is 0. The predicted octanol–water partition coefficient (Wildman–Crippen LogP) is 1.94. The summed E-state index contributed by atoms with van der Waals surface area (Å²) >= 11 is 0. The van der Waals surface area contributed by atoms with E-state index in [0.717, 1.165) is 19.3 Å². The Morgan fingerprint density at radius 2 is 1.69 bits per heavy atom. The average Bonchev–Trinajstić information content (AvgIpc) is 2.00. The number of rotatable bonds is 6. The van der Waals surface area contributed by atoms with Gasteiger partial charge >= 0.3 is 0 Å². The summed E-state index contributed by atoms with van der Waals surface area (Å²) in [5.74, 6) is 0.251. The monoisotopic (exact) mass is 219 g/mol.